The molecule has 1 atom stereocenters. The Labute approximate surface area is 185 Å². The second-order valence-electron chi connectivity index (χ2n) is 7.56. The number of carbonyl (C=O) groups excluding carboxylic acids is 1. The Morgan fingerprint density at radius 1 is 0.938 bits per heavy atom. The standard InChI is InChI=1S/C26H23F2N3O/c1-2-9-22(17-10-5-3-6-11-17)29-26(32)24-23(19-14-20(27)16-21(28)15-19)30-25(31-24)18-12-7-4-8-13-18/h3-8,10-16,22H,2,9H2,1H3,(H,29,32)(H,30,31). The summed E-state index contributed by atoms with van der Waals surface area (Å²) >= 11 is 0. The molecule has 4 aromatic rings. The number of nitrogens with zero attached hydrogens (tertiary/aromatic N) is 1. The van der Waals surface area contributed by atoms with Gasteiger partial charge in [0.15, 0.2) is 0 Å². The molecule has 0 bridgehead atoms. The number of H-pyrrole nitrogens is 1. The minimum atomic E-state index is -0.733. The first-order valence-electron chi connectivity index (χ1n) is 10.5. The summed E-state index contributed by atoms with van der Waals surface area (Å²) in [7, 11) is 0. The van der Waals surface area contributed by atoms with Crippen molar-refractivity contribution in [1.82, 2.24) is 15.3 Å². The van der Waals surface area contributed by atoms with Crippen LogP contribution in [-0.4, -0.2) is 15.9 Å². The minimum Gasteiger partial charge on any atom is -0.344 e. The molecular formula is C26H23F2N3O. The maximum Gasteiger partial charge on any atom is 0.270 e. The average molecular weight is 431 g/mol. The van der Waals surface area contributed by atoms with Crippen molar-refractivity contribution in [1.29, 1.82) is 0 Å². The van der Waals surface area contributed by atoms with Gasteiger partial charge in [0.2, 0.25) is 0 Å². The Balaban J connectivity index is 1.75. The third kappa shape index (κ3) is 4.75. The number of aromatic nitrogens is 2. The largest absolute Gasteiger partial charge is 0.344 e. The van der Waals surface area contributed by atoms with Crippen LogP contribution in [0.3, 0.4) is 0 Å². The Morgan fingerprint density at radius 3 is 2.19 bits per heavy atom. The van der Waals surface area contributed by atoms with E-state index >= 15 is 0 Å². The first kappa shape index (κ1) is 21.4. The van der Waals surface area contributed by atoms with Gasteiger partial charge in [0.25, 0.3) is 5.91 Å². The van der Waals surface area contributed by atoms with Gasteiger partial charge >= 0.3 is 0 Å². The van der Waals surface area contributed by atoms with Crippen molar-refractivity contribution in [2.45, 2.75) is 25.8 Å². The summed E-state index contributed by atoms with van der Waals surface area (Å²) in [6.45, 7) is 2.05. The first-order valence-corrected chi connectivity index (χ1v) is 10.5. The molecule has 2 N–H and O–H groups in total. The molecule has 3 aromatic carbocycles. The molecule has 1 aromatic heterocycles. The summed E-state index contributed by atoms with van der Waals surface area (Å²) < 4.78 is 27.9. The monoisotopic (exact) mass is 431 g/mol. The van der Waals surface area contributed by atoms with Crippen molar-refractivity contribution in [3.05, 3.63) is 102 Å². The fourth-order valence-corrected chi connectivity index (χ4v) is 3.70. The Hall–Kier alpha value is -3.80. The zero-order chi connectivity index (χ0) is 22.5. The summed E-state index contributed by atoms with van der Waals surface area (Å²) in [5.41, 5.74) is 2.30. The van der Waals surface area contributed by atoms with Crippen LogP contribution in [0, 0.1) is 11.6 Å². The highest BCUT2D eigenvalue weighted by Crippen LogP contribution is 2.28. The van der Waals surface area contributed by atoms with Crippen molar-refractivity contribution in [3.63, 3.8) is 0 Å². The van der Waals surface area contributed by atoms with Crippen LogP contribution >= 0.6 is 0 Å². The van der Waals surface area contributed by atoms with Gasteiger partial charge in [0.05, 0.1) is 6.04 Å². The van der Waals surface area contributed by atoms with Crippen LogP contribution < -0.4 is 5.32 Å². The van der Waals surface area contributed by atoms with Gasteiger partial charge in [0.1, 0.15) is 28.8 Å². The smallest absolute Gasteiger partial charge is 0.270 e. The number of aromatic amines is 1. The zero-order valence-electron chi connectivity index (χ0n) is 17.6. The summed E-state index contributed by atoms with van der Waals surface area (Å²) in [5, 5.41) is 3.06. The maximum atomic E-state index is 13.9. The number of hydrogen-bond donors (Lipinski definition) is 2. The van der Waals surface area contributed by atoms with Crippen LogP contribution in [0.4, 0.5) is 8.78 Å². The second-order valence-corrected chi connectivity index (χ2v) is 7.56. The van der Waals surface area contributed by atoms with Crippen molar-refractivity contribution in [3.8, 4) is 22.6 Å². The lowest BCUT2D eigenvalue weighted by Gasteiger charge is -2.18. The van der Waals surface area contributed by atoms with Gasteiger partial charge in [-0.25, -0.2) is 13.8 Å². The lowest BCUT2D eigenvalue weighted by Crippen LogP contribution is -2.29. The van der Waals surface area contributed by atoms with Gasteiger partial charge in [-0.15, -0.1) is 0 Å². The van der Waals surface area contributed by atoms with E-state index in [0.717, 1.165) is 30.0 Å². The molecule has 6 heteroatoms. The van der Waals surface area contributed by atoms with Gasteiger partial charge < -0.3 is 10.3 Å². The van der Waals surface area contributed by atoms with Crippen LogP contribution in [0.25, 0.3) is 22.6 Å². The fourth-order valence-electron chi connectivity index (χ4n) is 3.70. The molecule has 32 heavy (non-hydrogen) atoms. The predicted molar refractivity (Wildman–Crippen MR) is 121 cm³/mol. The first-order chi connectivity index (χ1) is 15.5. The molecule has 162 valence electrons. The van der Waals surface area contributed by atoms with Crippen molar-refractivity contribution >= 4 is 5.91 Å². The highest BCUT2D eigenvalue weighted by Gasteiger charge is 2.23. The van der Waals surface area contributed by atoms with Crippen LogP contribution in [0.15, 0.2) is 78.9 Å². The van der Waals surface area contributed by atoms with Crippen LogP contribution in [-0.2, 0) is 0 Å². The normalized spacial score (nSPS) is 11.8. The van der Waals surface area contributed by atoms with Crippen molar-refractivity contribution in [2.75, 3.05) is 0 Å². The molecule has 1 heterocycles. The van der Waals surface area contributed by atoms with E-state index in [1.807, 2.05) is 67.6 Å². The molecule has 0 saturated carbocycles. The number of halogens is 2. The number of imidazole rings is 1. The third-order valence-electron chi connectivity index (χ3n) is 5.20. The molecule has 4 rings (SSSR count). The highest BCUT2D eigenvalue weighted by molar-refractivity contribution is 5.99. The number of nitrogens with one attached hydrogen (secondary N) is 2. The van der Waals surface area contributed by atoms with E-state index in [4.69, 9.17) is 0 Å². The van der Waals surface area contributed by atoms with Crippen molar-refractivity contribution < 1.29 is 13.6 Å². The van der Waals surface area contributed by atoms with Gasteiger partial charge in [0, 0.05) is 17.2 Å². The van der Waals surface area contributed by atoms with Crippen molar-refractivity contribution in [2.24, 2.45) is 0 Å². The summed E-state index contributed by atoms with van der Waals surface area (Å²) in [6.07, 6.45) is 1.62. The summed E-state index contributed by atoms with van der Waals surface area (Å²) in [5.74, 6) is -1.41. The topological polar surface area (TPSA) is 57.8 Å². The van der Waals surface area contributed by atoms with E-state index in [0.29, 0.717) is 5.82 Å². The van der Waals surface area contributed by atoms with E-state index in [2.05, 4.69) is 15.3 Å². The highest BCUT2D eigenvalue weighted by atomic mass is 19.1. The molecular weight excluding hydrogens is 408 g/mol. The van der Waals surface area contributed by atoms with Gasteiger partial charge in [-0.3, -0.25) is 4.79 Å². The maximum absolute atomic E-state index is 13.9. The van der Waals surface area contributed by atoms with Crippen LogP contribution in [0.5, 0.6) is 0 Å². The summed E-state index contributed by atoms with van der Waals surface area (Å²) in [4.78, 5) is 20.9. The van der Waals surface area contributed by atoms with Gasteiger partial charge in [-0.1, -0.05) is 74.0 Å². The molecule has 1 amide bonds. The summed E-state index contributed by atoms with van der Waals surface area (Å²) in [6, 6.07) is 21.9. The average Bonchev–Trinajstić information content (AvgIpc) is 3.25. The molecule has 0 aliphatic carbocycles. The molecule has 0 fully saturated rings. The quantitative estimate of drug-likeness (QED) is 0.361. The molecule has 0 aliphatic heterocycles. The molecule has 0 spiro atoms. The Bertz CT molecular complexity index is 1190. The van der Waals surface area contributed by atoms with Gasteiger partial charge in [-0.05, 0) is 24.1 Å². The Kier molecular flexibility index (Phi) is 6.40. The third-order valence-corrected chi connectivity index (χ3v) is 5.20. The minimum absolute atomic E-state index is 0.158. The van der Waals surface area contributed by atoms with Crippen LogP contribution in [0.1, 0.15) is 41.9 Å². The van der Waals surface area contributed by atoms with E-state index in [1.165, 1.54) is 12.1 Å². The fraction of sp³-hybridized carbons (Fsp3) is 0.154. The lowest BCUT2D eigenvalue weighted by molar-refractivity contribution is 0.0930. The second kappa shape index (κ2) is 9.56. The molecule has 0 radical (unpaired) electrons. The van der Waals surface area contributed by atoms with E-state index in [1.54, 1.807) is 0 Å². The molecule has 1 unspecified atom stereocenters. The Morgan fingerprint density at radius 2 is 1.56 bits per heavy atom. The van der Waals surface area contributed by atoms with E-state index in [9.17, 15) is 13.6 Å². The molecule has 4 nitrogen and oxygen atoms in total. The molecule has 0 saturated heterocycles. The van der Waals surface area contributed by atoms with Crippen LogP contribution in [0.2, 0.25) is 0 Å². The lowest BCUT2D eigenvalue weighted by atomic mass is 10.0. The number of hydrogen-bond acceptors (Lipinski definition) is 2. The van der Waals surface area contributed by atoms with Gasteiger partial charge in [-0.2, -0.15) is 0 Å². The number of rotatable bonds is 7. The number of carbonyl (C=O) groups is 1. The zero-order valence-corrected chi connectivity index (χ0v) is 17.6. The number of amides is 1. The SMILES string of the molecule is CCCC(NC(=O)c1[nH]c(-c2ccccc2)nc1-c1cc(F)cc(F)c1)c1ccccc1. The number of benzene rings is 3. The molecule has 0 aliphatic rings. The predicted octanol–water partition coefficient (Wildman–Crippen LogP) is 6.29. The van der Waals surface area contributed by atoms with E-state index < -0.39 is 11.6 Å². The van der Waals surface area contributed by atoms with E-state index in [-0.39, 0.29) is 28.9 Å².